The monoisotopic (exact) mass is 738 g/mol. The minimum Gasteiger partial charge on any atom is -0.394 e. The standard InChI is InChI=1S/C42H75NO9/c1-3-4-5-6-7-8-9-10-11-15-18-21-24-35(45)38(47)34(31-51-42-41(50)40(49)39(48)36(30-44)52-42)43-37(46)25-22-19-16-13-12-14-17-20-23-33-28-26-32(2)27-29-33/h26-29,34-36,38-42,44-45,47-50H,3-25,30-31H2,1-2H3,(H,43,46)/t34-,35+,36?,38-,39?,40?,41?,42?/m0/s1. The molecule has 8 atom stereocenters. The van der Waals surface area contributed by atoms with E-state index in [0.29, 0.717) is 12.8 Å². The van der Waals surface area contributed by atoms with Gasteiger partial charge in [0.25, 0.3) is 0 Å². The van der Waals surface area contributed by atoms with Crippen LogP contribution in [0, 0.1) is 6.92 Å². The number of ether oxygens (including phenoxy) is 2. The highest BCUT2D eigenvalue weighted by Crippen LogP contribution is 2.23. The first-order chi connectivity index (χ1) is 25.2. The lowest BCUT2D eigenvalue weighted by atomic mass is 9.98. The summed E-state index contributed by atoms with van der Waals surface area (Å²) in [4.78, 5) is 13.0. The summed E-state index contributed by atoms with van der Waals surface area (Å²) in [6.45, 7) is 3.43. The summed E-state index contributed by atoms with van der Waals surface area (Å²) in [7, 11) is 0. The van der Waals surface area contributed by atoms with Gasteiger partial charge in [0.05, 0.1) is 25.4 Å². The summed E-state index contributed by atoms with van der Waals surface area (Å²) in [5.74, 6) is -0.268. The number of aliphatic hydroxyl groups is 6. The van der Waals surface area contributed by atoms with Gasteiger partial charge >= 0.3 is 0 Å². The number of carbonyl (C=O) groups excluding carboxylic acids is 1. The second-order valence-corrected chi connectivity index (χ2v) is 15.3. The van der Waals surface area contributed by atoms with Crippen molar-refractivity contribution < 1.29 is 44.9 Å². The van der Waals surface area contributed by atoms with Crippen molar-refractivity contribution in [1.29, 1.82) is 0 Å². The van der Waals surface area contributed by atoms with Crippen LogP contribution in [0.1, 0.15) is 159 Å². The van der Waals surface area contributed by atoms with Gasteiger partial charge < -0.3 is 45.4 Å². The first kappa shape index (κ1) is 46.5. The van der Waals surface area contributed by atoms with E-state index in [2.05, 4.69) is 43.4 Å². The molecule has 1 saturated heterocycles. The van der Waals surface area contributed by atoms with Crippen LogP contribution >= 0.6 is 0 Å². The van der Waals surface area contributed by atoms with Crippen molar-refractivity contribution in [2.75, 3.05) is 13.2 Å². The number of hydrogen-bond donors (Lipinski definition) is 7. The third kappa shape index (κ3) is 19.6. The minimum atomic E-state index is -1.61. The average Bonchev–Trinajstić information content (AvgIpc) is 3.14. The number of hydrogen-bond acceptors (Lipinski definition) is 9. The molecule has 0 radical (unpaired) electrons. The number of carbonyl (C=O) groups is 1. The molecule has 1 aromatic carbocycles. The van der Waals surface area contributed by atoms with E-state index in [1.165, 1.54) is 88.2 Å². The zero-order valence-corrected chi connectivity index (χ0v) is 32.5. The van der Waals surface area contributed by atoms with E-state index in [0.717, 1.165) is 51.4 Å². The van der Waals surface area contributed by atoms with Gasteiger partial charge in [-0.3, -0.25) is 4.79 Å². The third-order valence-corrected chi connectivity index (χ3v) is 10.5. The Hall–Kier alpha value is -1.63. The van der Waals surface area contributed by atoms with Gasteiger partial charge in [0.1, 0.15) is 30.5 Å². The predicted molar refractivity (Wildman–Crippen MR) is 206 cm³/mol. The summed E-state index contributed by atoms with van der Waals surface area (Å²) in [5.41, 5.74) is 2.69. The van der Waals surface area contributed by atoms with E-state index in [9.17, 15) is 35.4 Å². The van der Waals surface area contributed by atoms with Crippen molar-refractivity contribution in [3.8, 4) is 0 Å². The molecule has 1 aliphatic heterocycles. The molecule has 10 nitrogen and oxygen atoms in total. The largest absolute Gasteiger partial charge is 0.394 e. The maximum Gasteiger partial charge on any atom is 0.220 e. The molecule has 5 unspecified atom stereocenters. The third-order valence-electron chi connectivity index (χ3n) is 10.5. The first-order valence-corrected chi connectivity index (χ1v) is 20.8. The highest BCUT2D eigenvalue weighted by Gasteiger charge is 2.44. The molecule has 0 spiro atoms. The van der Waals surface area contributed by atoms with E-state index in [1.807, 2.05) is 0 Å². The van der Waals surface area contributed by atoms with E-state index in [1.54, 1.807) is 0 Å². The minimum absolute atomic E-state index is 0.268. The molecular weight excluding hydrogens is 662 g/mol. The molecule has 2 rings (SSSR count). The summed E-state index contributed by atoms with van der Waals surface area (Å²) < 4.78 is 11.1. The maximum absolute atomic E-state index is 13.0. The zero-order valence-electron chi connectivity index (χ0n) is 32.5. The number of amides is 1. The summed E-state index contributed by atoms with van der Waals surface area (Å²) in [6.07, 6.45) is 15.0. The Balaban J connectivity index is 1.72. The Morgan fingerprint density at radius 1 is 0.731 bits per heavy atom. The van der Waals surface area contributed by atoms with Crippen LogP contribution in [0.15, 0.2) is 24.3 Å². The van der Waals surface area contributed by atoms with E-state index >= 15 is 0 Å². The van der Waals surface area contributed by atoms with Crippen LogP contribution in [0.4, 0.5) is 0 Å². The Morgan fingerprint density at radius 3 is 1.81 bits per heavy atom. The van der Waals surface area contributed by atoms with Crippen LogP contribution in [0.2, 0.25) is 0 Å². The van der Waals surface area contributed by atoms with E-state index in [4.69, 9.17) is 9.47 Å². The van der Waals surface area contributed by atoms with Gasteiger partial charge in [-0.25, -0.2) is 0 Å². The van der Waals surface area contributed by atoms with Crippen molar-refractivity contribution in [2.24, 2.45) is 0 Å². The van der Waals surface area contributed by atoms with Crippen molar-refractivity contribution in [1.82, 2.24) is 5.32 Å². The summed E-state index contributed by atoms with van der Waals surface area (Å²) in [5, 5.41) is 65.0. The van der Waals surface area contributed by atoms with Gasteiger partial charge in [-0.1, -0.05) is 152 Å². The second kappa shape index (κ2) is 28.8. The van der Waals surface area contributed by atoms with Gasteiger partial charge in [-0.05, 0) is 38.2 Å². The average molecular weight is 738 g/mol. The van der Waals surface area contributed by atoms with Crippen LogP contribution in [-0.2, 0) is 20.7 Å². The molecule has 302 valence electrons. The highest BCUT2D eigenvalue weighted by molar-refractivity contribution is 5.76. The fourth-order valence-electron chi connectivity index (χ4n) is 6.97. The lowest BCUT2D eigenvalue weighted by molar-refractivity contribution is -0.303. The highest BCUT2D eigenvalue weighted by atomic mass is 16.7. The molecule has 1 amide bonds. The van der Waals surface area contributed by atoms with Gasteiger partial charge in [-0.2, -0.15) is 0 Å². The molecule has 0 bridgehead atoms. The Morgan fingerprint density at radius 2 is 1.25 bits per heavy atom. The van der Waals surface area contributed by atoms with Crippen LogP contribution in [0.5, 0.6) is 0 Å². The second-order valence-electron chi connectivity index (χ2n) is 15.3. The summed E-state index contributed by atoms with van der Waals surface area (Å²) >= 11 is 0. The van der Waals surface area contributed by atoms with Crippen LogP contribution in [0.3, 0.4) is 0 Å². The molecule has 52 heavy (non-hydrogen) atoms. The van der Waals surface area contributed by atoms with Gasteiger partial charge in [0.2, 0.25) is 5.91 Å². The predicted octanol–water partition coefficient (Wildman–Crippen LogP) is 6.16. The molecule has 10 heteroatoms. The Kier molecular flexibility index (Phi) is 25.7. The number of aliphatic hydroxyl groups excluding tert-OH is 6. The van der Waals surface area contributed by atoms with Crippen molar-refractivity contribution >= 4 is 5.91 Å². The lowest BCUT2D eigenvalue weighted by Crippen LogP contribution is -2.60. The molecular formula is C42H75NO9. The van der Waals surface area contributed by atoms with Crippen LogP contribution in [0.25, 0.3) is 0 Å². The molecule has 1 aliphatic rings. The smallest absolute Gasteiger partial charge is 0.220 e. The lowest BCUT2D eigenvalue weighted by Gasteiger charge is -2.40. The topological polar surface area (TPSA) is 169 Å². The van der Waals surface area contributed by atoms with Crippen LogP contribution in [-0.4, -0.2) is 98.7 Å². The summed E-state index contributed by atoms with van der Waals surface area (Å²) in [6, 6.07) is 7.77. The Labute approximate surface area is 314 Å². The van der Waals surface area contributed by atoms with Crippen LogP contribution < -0.4 is 5.32 Å². The van der Waals surface area contributed by atoms with E-state index in [-0.39, 0.29) is 18.9 Å². The molecule has 7 N–H and O–H groups in total. The van der Waals surface area contributed by atoms with Crippen molar-refractivity contribution in [3.63, 3.8) is 0 Å². The molecule has 0 saturated carbocycles. The van der Waals surface area contributed by atoms with Crippen molar-refractivity contribution in [2.45, 2.75) is 210 Å². The van der Waals surface area contributed by atoms with Crippen molar-refractivity contribution in [3.05, 3.63) is 35.4 Å². The number of benzene rings is 1. The van der Waals surface area contributed by atoms with Gasteiger partial charge in [-0.15, -0.1) is 0 Å². The van der Waals surface area contributed by atoms with E-state index < -0.39 is 55.6 Å². The number of unbranched alkanes of at least 4 members (excludes halogenated alkanes) is 18. The number of rotatable bonds is 31. The molecule has 1 fully saturated rings. The molecule has 0 aromatic heterocycles. The quantitative estimate of drug-likeness (QED) is 0.0441. The fraction of sp³-hybridized carbons (Fsp3) is 0.833. The fourth-order valence-corrected chi connectivity index (χ4v) is 6.97. The molecule has 1 heterocycles. The number of aryl methyl sites for hydroxylation is 2. The zero-order chi connectivity index (χ0) is 38.0. The molecule has 0 aliphatic carbocycles. The first-order valence-electron chi connectivity index (χ1n) is 20.8. The SMILES string of the molecule is CCCCCCCCCCCCCC[C@@H](O)[C@@H](O)[C@H](COC1OC(CO)C(O)C(O)C1O)NC(=O)CCCCCCCCCCc1ccc(C)cc1. The number of nitrogens with one attached hydrogen (secondary N) is 1. The maximum atomic E-state index is 13.0. The van der Waals surface area contributed by atoms with Gasteiger partial charge in [0, 0.05) is 6.42 Å². The normalized spacial score (nSPS) is 22.3. The Bertz CT molecular complexity index is 1010. The molecule has 1 aromatic rings. The van der Waals surface area contributed by atoms with Gasteiger partial charge in [0.15, 0.2) is 6.29 Å².